The summed E-state index contributed by atoms with van der Waals surface area (Å²) >= 11 is 0. The van der Waals surface area contributed by atoms with Crippen molar-refractivity contribution in [2.24, 2.45) is 0 Å². The summed E-state index contributed by atoms with van der Waals surface area (Å²) < 4.78 is 17.0. The van der Waals surface area contributed by atoms with E-state index in [1.807, 2.05) is 0 Å². The second kappa shape index (κ2) is 62.2. The molecule has 0 aromatic carbocycles. The third-order valence-corrected chi connectivity index (χ3v) is 14.6. The number of esters is 3. The first-order valence-electron chi connectivity index (χ1n) is 32.5. The molecule has 0 saturated carbocycles. The van der Waals surface area contributed by atoms with Crippen LogP contribution in [-0.4, -0.2) is 37.2 Å². The van der Waals surface area contributed by atoms with Gasteiger partial charge >= 0.3 is 17.9 Å². The van der Waals surface area contributed by atoms with E-state index in [0.717, 1.165) is 57.8 Å². The van der Waals surface area contributed by atoms with E-state index in [4.69, 9.17) is 14.2 Å². The highest BCUT2D eigenvalue weighted by molar-refractivity contribution is 5.71. The summed E-state index contributed by atoms with van der Waals surface area (Å²) in [4.78, 5) is 38.3. The summed E-state index contributed by atoms with van der Waals surface area (Å²) in [6.45, 7) is 6.68. The molecule has 0 aliphatic carbocycles. The lowest BCUT2D eigenvalue weighted by atomic mass is 10.1. The summed E-state index contributed by atoms with van der Waals surface area (Å²) in [5, 5.41) is 0. The third kappa shape index (κ3) is 60.4. The molecule has 1 atom stereocenters. The largest absolute Gasteiger partial charge is 0.462 e. The van der Waals surface area contributed by atoms with E-state index in [0.29, 0.717) is 19.3 Å². The fourth-order valence-electron chi connectivity index (χ4n) is 9.67. The minimum Gasteiger partial charge on any atom is -0.462 e. The number of rotatable bonds is 60. The molecular weight excluding hydrogens is 901 g/mol. The zero-order chi connectivity index (χ0) is 52.9. The van der Waals surface area contributed by atoms with Crippen LogP contribution in [0.15, 0.2) is 36.5 Å². The fourth-order valence-corrected chi connectivity index (χ4v) is 9.67. The van der Waals surface area contributed by atoms with Crippen molar-refractivity contribution in [1.29, 1.82) is 0 Å². The summed E-state index contributed by atoms with van der Waals surface area (Å²) in [7, 11) is 0. The van der Waals surface area contributed by atoms with E-state index < -0.39 is 6.10 Å². The Morgan fingerprint density at radius 2 is 0.452 bits per heavy atom. The Balaban J connectivity index is 4.34. The van der Waals surface area contributed by atoms with E-state index >= 15 is 0 Å². The molecule has 0 aliphatic rings. The lowest BCUT2D eigenvalue weighted by Crippen LogP contribution is -2.30. The number of allylic oxidation sites excluding steroid dienone is 6. The van der Waals surface area contributed by atoms with Gasteiger partial charge in [0, 0.05) is 19.3 Å². The molecule has 0 rings (SSSR count). The van der Waals surface area contributed by atoms with Crippen LogP contribution in [0.4, 0.5) is 0 Å². The van der Waals surface area contributed by atoms with Crippen LogP contribution in [0.2, 0.25) is 0 Å². The van der Waals surface area contributed by atoms with Gasteiger partial charge in [0.05, 0.1) is 0 Å². The van der Waals surface area contributed by atoms with E-state index in [1.54, 1.807) is 0 Å². The van der Waals surface area contributed by atoms with Gasteiger partial charge in [0.1, 0.15) is 13.2 Å². The van der Waals surface area contributed by atoms with Crippen molar-refractivity contribution in [1.82, 2.24) is 0 Å². The first kappa shape index (κ1) is 70.6. The highest BCUT2D eigenvalue weighted by Gasteiger charge is 2.19. The monoisotopic (exact) mass is 1020 g/mol. The van der Waals surface area contributed by atoms with Gasteiger partial charge in [-0.15, -0.1) is 0 Å². The molecule has 0 unspecified atom stereocenters. The molecule has 428 valence electrons. The maximum absolute atomic E-state index is 12.9. The normalized spacial score (nSPS) is 12.2. The van der Waals surface area contributed by atoms with Gasteiger partial charge in [-0.2, -0.15) is 0 Å². The maximum Gasteiger partial charge on any atom is 0.306 e. The molecule has 0 aromatic rings. The van der Waals surface area contributed by atoms with Crippen LogP contribution in [0.1, 0.15) is 355 Å². The van der Waals surface area contributed by atoms with E-state index in [9.17, 15) is 14.4 Å². The van der Waals surface area contributed by atoms with Crippen LogP contribution < -0.4 is 0 Å². The Morgan fingerprint density at radius 3 is 0.685 bits per heavy atom. The van der Waals surface area contributed by atoms with Gasteiger partial charge in [0.15, 0.2) is 6.10 Å². The van der Waals surface area contributed by atoms with E-state index in [2.05, 4.69) is 57.2 Å². The molecule has 0 heterocycles. The van der Waals surface area contributed by atoms with Crippen molar-refractivity contribution >= 4 is 17.9 Å². The van der Waals surface area contributed by atoms with E-state index in [-0.39, 0.29) is 31.1 Å². The van der Waals surface area contributed by atoms with Crippen LogP contribution >= 0.6 is 0 Å². The quantitative estimate of drug-likeness (QED) is 0.0261. The number of unbranched alkanes of at least 4 members (excludes halogenated alkanes) is 43. The van der Waals surface area contributed by atoms with Crippen molar-refractivity contribution in [2.45, 2.75) is 361 Å². The lowest BCUT2D eigenvalue weighted by molar-refractivity contribution is -0.167. The number of ether oxygens (including phenoxy) is 3. The van der Waals surface area contributed by atoms with Crippen LogP contribution in [0.25, 0.3) is 0 Å². The molecule has 6 nitrogen and oxygen atoms in total. The Kier molecular flexibility index (Phi) is 60.2. The first-order valence-corrected chi connectivity index (χ1v) is 32.5. The Bertz CT molecular complexity index is 1220. The summed E-state index contributed by atoms with van der Waals surface area (Å²) in [5.74, 6) is -0.857. The van der Waals surface area contributed by atoms with Gasteiger partial charge in [-0.1, -0.05) is 276 Å². The smallest absolute Gasteiger partial charge is 0.306 e. The van der Waals surface area contributed by atoms with Gasteiger partial charge in [-0.3, -0.25) is 14.4 Å². The zero-order valence-corrected chi connectivity index (χ0v) is 49.2. The van der Waals surface area contributed by atoms with Crippen molar-refractivity contribution in [2.75, 3.05) is 13.2 Å². The summed E-state index contributed by atoms with van der Waals surface area (Å²) in [6.07, 6.45) is 75.7. The van der Waals surface area contributed by atoms with Crippen molar-refractivity contribution in [3.8, 4) is 0 Å². The van der Waals surface area contributed by atoms with Crippen LogP contribution in [0, 0.1) is 0 Å². The SMILES string of the molecule is CCCCCCCC/C=C\CCCCCCCCCCCC(=O)OC[C@@H](COC(=O)CCCCCCCCC/C=C\CCCCCCCC)OC(=O)CCCCCCCCCCC/C=C\CCCCCCCC. The van der Waals surface area contributed by atoms with Crippen LogP contribution in [-0.2, 0) is 28.6 Å². The van der Waals surface area contributed by atoms with Crippen molar-refractivity contribution < 1.29 is 28.6 Å². The molecule has 0 radical (unpaired) electrons. The lowest BCUT2D eigenvalue weighted by Gasteiger charge is -2.18. The van der Waals surface area contributed by atoms with Gasteiger partial charge in [-0.25, -0.2) is 0 Å². The van der Waals surface area contributed by atoms with Crippen LogP contribution in [0.5, 0.6) is 0 Å². The highest BCUT2D eigenvalue weighted by Crippen LogP contribution is 2.17. The predicted octanol–water partition coefficient (Wildman–Crippen LogP) is 22.0. The standard InChI is InChI=1S/C67H124O6/c1-4-7-10-13-16-19-22-25-28-31-33-36-39-42-45-48-51-54-57-60-66(69)72-63-64(62-71-65(68)59-56-53-50-47-44-41-38-35-30-27-24-21-18-15-12-9-6-3)73-67(70)61-58-55-52-49-46-43-40-37-34-32-29-26-23-20-17-14-11-8-5-2/h25-30,64H,4-24,31-63H2,1-3H3/b28-25-,29-26-,30-27-/t64-/m1/s1. The molecule has 0 amide bonds. The topological polar surface area (TPSA) is 78.9 Å². The minimum absolute atomic E-state index is 0.0723. The zero-order valence-electron chi connectivity index (χ0n) is 49.2. The Labute approximate surface area is 455 Å². The van der Waals surface area contributed by atoms with Gasteiger partial charge in [-0.05, 0) is 96.3 Å². The third-order valence-electron chi connectivity index (χ3n) is 14.6. The number of hydrogen-bond acceptors (Lipinski definition) is 6. The molecule has 0 fully saturated rings. The van der Waals surface area contributed by atoms with Crippen LogP contribution in [0.3, 0.4) is 0 Å². The average molecular weight is 1030 g/mol. The maximum atomic E-state index is 12.9. The van der Waals surface area contributed by atoms with Gasteiger partial charge in [0.2, 0.25) is 0 Å². The number of carbonyl (C=O) groups is 3. The number of hydrogen-bond donors (Lipinski definition) is 0. The second-order valence-corrected chi connectivity index (χ2v) is 22.0. The minimum atomic E-state index is -0.775. The molecule has 0 N–H and O–H groups in total. The van der Waals surface area contributed by atoms with E-state index in [1.165, 1.54) is 257 Å². The summed E-state index contributed by atoms with van der Waals surface area (Å²) in [5.41, 5.74) is 0. The van der Waals surface area contributed by atoms with Gasteiger partial charge < -0.3 is 14.2 Å². The van der Waals surface area contributed by atoms with Crippen molar-refractivity contribution in [3.05, 3.63) is 36.5 Å². The molecule has 0 aliphatic heterocycles. The Morgan fingerprint density at radius 1 is 0.260 bits per heavy atom. The predicted molar refractivity (Wildman–Crippen MR) is 316 cm³/mol. The fraction of sp³-hybridized carbons (Fsp3) is 0.866. The molecule has 6 heteroatoms. The second-order valence-electron chi connectivity index (χ2n) is 22.0. The highest BCUT2D eigenvalue weighted by atomic mass is 16.6. The molecule has 73 heavy (non-hydrogen) atoms. The Hall–Kier alpha value is -2.37. The van der Waals surface area contributed by atoms with Crippen molar-refractivity contribution in [3.63, 3.8) is 0 Å². The molecule has 0 saturated heterocycles. The molecule has 0 bridgehead atoms. The molecular formula is C67H124O6. The molecule has 0 spiro atoms. The van der Waals surface area contributed by atoms with Gasteiger partial charge in [0.25, 0.3) is 0 Å². The molecule has 0 aromatic heterocycles. The first-order chi connectivity index (χ1) is 36.0. The average Bonchev–Trinajstić information content (AvgIpc) is 3.39. The number of carbonyl (C=O) groups excluding carboxylic acids is 3. The summed E-state index contributed by atoms with van der Waals surface area (Å²) in [6, 6.07) is 0.